The van der Waals surface area contributed by atoms with E-state index in [-0.39, 0.29) is 11.9 Å². The minimum Gasteiger partial charge on any atom is -0.495 e. The molecule has 2 aromatic rings. The van der Waals surface area contributed by atoms with Gasteiger partial charge in [0, 0.05) is 16.8 Å². The van der Waals surface area contributed by atoms with Crippen molar-refractivity contribution < 1.29 is 9.53 Å². The second-order valence-corrected chi connectivity index (χ2v) is 8.02. The highest BCUT2D eigenvalue weighted by atomic mass is 35.5. The fraction of sp³-hybridized carbons (Fsp3) is 0.273. The molecule has 0 saturated heterocycles. The monoisotopic (exact) mass is 427 g/mol. The number of halogens is 1. The fourth-order valence-electron chi connectivity index (χ4n) is 3.70. The molecule has 1 saturated carbocycles. The van der Waals surface area contributed by atoms with E-state index in [1.54, 1.807) is 7.11 Å². The van der Waals surface area contributed by atoms with Crippen molar-refractivity contribution in [2.45, 2.75) is 31.8 Å². The number of thiocarbonyl (C=S) groups is 1. The molecule has 0 bridgehead atoms. The molecule has 1 aliphatic carbocycles. The maximum atomic E-state index is 13.4. The van der Waals surface area contributed by atoms with Gasteiger partial charge in [-0.25, -0.2) is 0 Å². The van der Waals surface area contributed by atoms with Crippen LogP contribution in [0.25, 0.3) is 0 Å². The first-order valence-corrected chi connectivity index (χ1v) is 10.3. The van der Waals surface area contributed by atoms with E-state index in [0.29, 0.717) is 33.2 Å². The molecule has 2 aliphatic rings. The molecule has 0 radical (unpaired) electrons. The predicted octanol–water partition coefficient (Wildman–Crippen LogP) is 4.65. The number of benzene rings is 2. The zero-order valence-corrected chi connectivity index (χ0v) is 17.8. The summed E-state index contributed by atoms with van der Waals surface area (Å²) in [6.07, 6.45) is 2.14. The number of hydrogen-bond donors (Lipinski definition) is 2. The van der Waals surface area contributed by atoms with Crippen molar-refractivity contribution in [1.29, 1.82) is 0 Å². The number of amides is 1. The Morgan fingerprint density at radius 3 is 2.69 bits per heavy atom. The van der Waals surface area contributed by atoms with Crippen LogP contribution in [0.1, 0.15) is 31.4 Å². The Bertz CT molecular complexity index is 1000. The molecule has 2 aromatic carbocycles. The van der Waals surface area contributed by atoms with Gasteiger partial charge in [-0.15, -0.1) is 0 Å². The number of carbonyl (C=O) groups is 1. The number of methoxy groups -OCH3 is 1. The van der Waals surface area contributed by atoms with E-state index >= 15 is 0 Å². The summed E-state index contributed by atoms with van der Waals surface area (Å²) in [5.41, 5.74) is 3.00. The first-order chi connectivity index (χ1) is 14.0. The Balaban J connectivity index is 1.75. The van der Waals surface area contributed by atoms with Gasteiger partial charge in [0.2, 0.25) is 0 Å². The lowest BCUT2D eigenvalue weighted by Gasteiger charge is -2.38. The lowest BCUT2D eigenvalue weighted by Crippen LogP contribution is -2.49. The third kappa shape index (κ3) is 3.95. The van der Waals surface area contributed by atoms with Crippen molar-refractivity contribution in [3.63, 3.8) is 0 Å². The van der Waals surface area contributed by atoms with Gasteiger partial charge in [-0.2, -0.15) is 0 Å². The lowest BCUT2D eigenvalue weighted by atomic mass is 9.94. The van der Waals surface area contributed by atoms with Gasteiger partial charge < -0.3 is 20.3 Å². The van der Waals surface area contributed by atoms with Gasteiger partial charge in [0.25, 0.3) is 5.91 Å². The van der Waals surface area contributed by atoms with Gasteiger partial charge >= 0.3 is 0 Å². The first-order valence-electron chi connectivity index (χ1n) is 9.50. The zero-order chi connectivity index (χ0) is 20.5. The SMILES string of the molecule is COc1ccccc1NC(=O)C1=C(C)N(C2CC2)C(=S)NC1c1cccc(Cl)c1. The summed E-state index contributed by atoms with van der Waals surface area (Å²) in [6, 6.07) is 14.8. The number of carbonyl (C=O) groups excluding carboxylic acids is 1. The lowest BCUT2D eigenvalue weighted by molar-refractivity contribution is -0.113. The Labute approximate surface area is 180 Å². The van der Waals surface area contributed by atoms with Crippen LogP contribution in [0.2, 0.25) is 5.02 Å². The molecule has 150 valence electrons. The number of anilines is 1. The van der Waals surface area contributed by atoms with E-state index in [9.17, 15) is 4.79 Å². The molecule has 1 fully saturated rings. The highest BCUT2D eigenvalue weighted by Gasteiger charge is 2.40. The fourth-order valence-corrected chi connectivity index (χ4v) is 4.30. The highest BCUT2D eigenvalue weighted by molar-refractivity contribution is 7.80. The quantitative estimate of drug-likeness (QED) is 0.680. The van der Waals surface area contributed by atoms with Gasteiger partial charge in [0.15, 0.2) is 5.11 Å². The molecule has 1 unspecified atom stereocenters. The molecule has 0 spiro atoms. The van der Waals surface area contributed by atoms with Crippen molar-refractivity contribution in [3.8, 4) is 5.75 Å². The number of allylic oxidation sites excluding steroid dienone is 1. The topological polar surface area (TPSA) is 53.6 Å². The summed E-state index contributed by atoms with van der Waals surface area (Å²) in [6.45, 7) is 1.96. The van der Waals surface area contributed by atoms with Gasteiger partial charge in [0.1, 0.15) is 5.75 Å². The Kier molecular flexibility index (Phi) is 5.48. The number of rotatable bonds is 5. The molecule has 1 heterocycles. The number of ether oxygens (including phenoxy) is 1. The Hall–Kier alpha value is -2.57. The average molecular weight is 428 g/mol. The Morgan fingerprint density at radius 2 is 2.00 bits per heavy atom. The molecule has 1 amide bonds. The van der Waals surface area contributed by atoms with Crippen LogP contribution in [0.5, 0.6) is 5.75 Å². The van der Waals surface area contributed by atoms with E-state index in [1.807, 2.05) is 55.5 Å². The minimum absolute atomic E-state index is 0.197. The molecule has 29 heavy (non-hydrogen) atoms. The summed E-state index contributed by atoms with van der Waals surface area (Å²) >= 11 is 11.9. The van der Waals surface area contributed by atoms with Gasteiger partial charge in [-0.3, -0.25) is 4.79 Å². The van der Waals surface area contributed by atoms with E-state index < -0.39 is 0 Å². The van der Waals surface area contributed by atoms with E-state index in [2.05, 4.69) is 15.5 Å². The van der Waals surface area contributed by atoms with Crippen LogP contribution < -0.4 is 15.4 Å². The number of nitrogens with zero attached hydrogens (tertiary/aromatic N) is 1. The smallest absolute Gasteiger partial charge is 0.255 e. The van der Waals surface area contributed by atoms with E-state index in [4.69, 9.17) is 28.6 Å². The third-order valence-electron chi connectivity index (χ3n) is 5.22. The summed E-state index contributed by atoms with van der Waals surface area (Å²) in [4.78, 5) is 15.5. The Morgan fingerprint density at radius 1 is 1.24 bits per heavy atom. The molecule has 2 N–H and O–H groups in total. The van der Waals surface area contributed by atoms with Crippen LogP contribution in [-0.2, 0) is 4.79 Å². The maximum Gasteiger partial charge on any atom is 0.255 e. The summed E-state index contributed by atoms with van der Waals surface area (Å²) in [5, 5.41) is 7.62. The van der Waals surface area contributed by atoms with Gasteiger partial charge in [-0.05, 0) is 61.8 Å². The second-order valence-electron chi connectivity index (χ2n) is 7.19. The molecule has 1 atom stereocenters. The summed E-state index contributed by atoms with van der Waals surface area (Å²) in [5.74, 6) is 0.411. The molecule has 5 nitrogen and oxygen atoms in total. The first kappa shape index (κ1) is 19.7. The van der Waals surface area contributed by atoms with Crippen LogP contribution >= 0.6 is 23.8 Å². The number of nitrogens with one attached hydrogen (secondary N) is 2. The average Bonchev–Trinajstić information content (AvgIpc) is 3.53. The number of para-hydroxylation sites is 2. The van der Waals surface area contributed by atoms with Crippen LogP contribution in [0.3, 0.4) is 0 Å². The second kappa shape index (κ2) is 8.05. The molecular weight excluding hydrogens is 406 g/mol. The molecule has 4 rings (SSSR count). The minimum atomic E-state index is -0.383. The van der Waals surface area contributed by atoms with Crippen molar-refractivity contribution in [2.24, 2.45) is 0 Å². The largest absolute Gasteiger partial charge is 0.495 e. The molecule has 7 heteroatoms. The maximum absolute atomic E-state index is 13.4. The normalized spacial score (nSPS) is 19.1. The van der Waals surface area contributed by atoms with Gasteiger partial charge in [-0.1, -0.05) is 35.9 Å². The van der Waals surface area contributed by atoms with Crippen LogP contribution in [0.4, 0.5) is 5.69 Å². The van der Waals surface area contributed by atoms with Crippen molar-refractivity contribution in [1.82, 2.24) is 10.2 Å². The zero-order valence-electron chi connectivity index (χ0n) is 16.2. The molecule has 1 aliphatic heterocycles. The summed E-state index contributed by atoms with van der Waals surface area (Å²) in [7, 11) is 1.58. The standard InChI is InChI=1S/C22H22ClN3O2S/c1-13-19(21(27)24-17-8-3-4-9-18(17)28-2)20(14-6-5-7-15(23)12-14)25-22(29)26(13)16-10-11-16/h3-9,12,16,20H,10-11H2,1-2H3,(H,24,27)(H,25,29). The van der Waals surface area contributed by atoms with Crippen LogP contribution in [0, 0.1) is 0 Å². The highest BCUT2D eigenvalue weighted by Crippen LogP contribution is 2.38. The van der Waals surface area contributed by atoms with Crippen molar-refractivity contribution >= 4 is 40.5 Å². The van der Waals surface area contributed by atoms with Crippen LogP contribution in [-0.4, -0.2) is 29.1 Å². The summed E-state index contributed by atoms with van der Waals surface area (Å²) < 4.78 is 5.38. The van der Waals surface area contributed by atoms with Gasteiger partial charge in [0.05, 0.1) is 24.4 Å². The molecular formula is C22H22ClN3O2S. The van der Waals surface area contributed by atoms with Crippen LogP contribution in [0.15, 0.2) is 59.8 Å². The third-order valence-corrected chi connectivity index (χ3v) is 5.77. The van der Waals surface area contributed by atoms with Crippen molar-refractivity contribution in [3.05, 3.63) is 70.4 Å². The van der Waals surface area contributed by atoms with E-state index in [0.717, 1.165) is 24.1 Å². The van der Waals surface area contributed by atoms with Crippen molar-refractivity contribution in [2.75, 3.05) is 12.4 Å². The predicted molar refractivity (Wildman–Crippen MR) is 119 cm³/mol. The van der Waals surface area contributed by atoms with E-state index in [1.165, 1.54) is 0 Å². The molecule has 0 aromatic heterocycles. The number of hydrogen-bond acceptors (Lipinski definition) is 3.